The summed E-state index contributed by atoms with van der Waals surface area (Å²) in [5, 5.41) is 0. The van der Waals surface area contributed by atoms with E-state index in [1.54, 1.807) is 6.08 Å². The quantitative estimate of drug-likeness (QED) is 0.288. The van der Waals surface area contributed by atoms with Crippen molar-refractivity contribution in [1.82, 2.24) is 0 Å². The Labute approximate surface area is 160 Å². The zero-order valence-electron chi connectivity index (χ0n) is 15.3. The Bertz CT molecular complexity index is 899. The molecule has 0 aliphatic heterocycles. The zero-order chi connectivity index (χ0) is 18.9. The largest absolute Gasteiger partial charge is 0.293 e. The van der Waals surface area contributed by atoms with Gasteiger partial charge in [0.25, 0.3) is 0 Å². The number of ketones is 1. The average Bonchev–Trinajstić information content (AvgIpc) is 2.75. The van der Waals surface area contributed by atoms with Crippen LogP contribution in [-0.2, 0) is 6.54 Å². The number of allylic oxidation sites excluding steroid dienone is 1. The van der Waals surface area contributed by atoms with E-state index in [4.69, 9.17) is 4.99 Å². The number of carbonyl (C=O) groups is 1. The van der Waals surface area contributed by atoms with E-state index in [0.29, 0.717) is 18.5 Å². The molecular weight excluding hydrogens is 330 g/mol. The Morgan fingerprint density at radius 3 is 1.89 bits per heavy atom. The van der Waals surface area contributed by atoms with E-state index in [0.717, 1.165) is 16.8 Å². The van der Waals surface area contributed by atoms with Gasteiger partial charge in [0.05, 0.1) is 18.2 Å². The molecule has 3 rings (SSSR count). The molecule has 0 bridgehead atoms. The van der Waals surface area contributed by atoms with Crippen LogP contribution in [0.5, 0.6) is 0 Å². The monoisotopic (exact) mass is 353 g/mol. The van der Waals surface area contributed by atoms with Gasteiger partial charge in [0.2, 0.25) is 0 Å². The summed E-state index contributed by atoms with van der Waals surface area (Å²) in [6.45, 7) is 4.41. The van der Waals surface area contributed by atoms with Crippen molar-refractivity contribution in [2.75, 3.05) is 0 Å². The minimum Gasteiger partial charge on any atom is -0.293 e. The molecule has 0 saturated carbocycles. The van der Waals surface area contributed by atoms with Gasteiger partial charge >= 0.3 is 0 Å². The molecule has 27 heavy (non-hydrogen) atoms. The van der Waals surface area contributed by atoms with Crippen molar-refractivity contribution in [1.29, 1.82) is 0 Å². The Kier molecular flexibility index (Phi) is 6.48. The second-order valence-electron chi connectivity index (χ2n) is 6.36. The Hall–Kier alpha value is -3.26. The van der Waals surface area contributed by atoms with Crippen LogP contribution in [0.2, 0.25) is 0 Å². The lowest BCUT2D eigenvalue weighted by Gasteiger charge is -2.18. The van der Waals surface area contributed by atoms with Gasteiger partial charge in [0.15, 0.2) is 5.78 Å². The Balaban J connectivity index is 2.00. The molecular formula is C25H23NO. The van der Waals surface area contributed by atoms with E-state index < -0.39 is 0 Å². The van der Waals surface area contributed by atoms with Crippen LogP contribution >= 0.6 is 0 Å². The summed E-state index contributed by atoms with van der Waals surface area (Å²) in [6, 6.07) is 29.5. The lowest BCUT2D eigenvalue weighted by Crippen LogP contribution is -2.25. The second-order valence-corrected chi connectivity index (χ2v) is 6.36. The van der Waals surface area contributed by atoms with E-state index >= 15 is 0 Å². The standard InChI is InChI=1S/C25H23NO/c1-2-12-23(25(27)22-17-10-5-11-18-22)24(21-15-8-4-9-16-21)26-19-20-13-6-3-7-14-20/h2-11,13-18,23H,1,12,19H2. The molecule has 2 nitrogen and oxygen atoms in total. The highest BCUT2D eigenvalue weighted by atomic mass is 16.1. The van der Waals surface area contributed by atoms with Gasteiger partial charge in [-0.2, -0.15) is 0 Å². The molecule has 0 amide bonds. The van der Waals surface area contributed by atoms with Crippen LogP contribution in [0.25, 0.3) is 0 Å². The van der Waals surface area contributed by atoms with Crippen molar-refractivity contribution < 1.29 is 4.79 Å². The van der Waals surface area contributed by atoms with Gasteiger partial charge in [-0.25, -0.2) is 0 Å². The molecule has 3 aromatic rings. The first-order valence-corrected chi connectivity index (χ1v) is 9.13. The first-order chi connectivity index (χ1) is 13.3. The molecule has 0 aliphatic rings. The van der Waals surface area contributed by atoms with E-state index in [1.807, 2.05) is 91.0 Å². The summed E-state index contributed by atoms with van der Waals surface area (Å²) in [5.41, 5.74) is 3.61. The fraction of sp³-hybridized carbons (Fsp3) is 0.120. The predicted octanol–water partition coefficient (Wildman–Crippen LogP) is 5.75. The molecule has 0 radical (unpaired) electrons. The molecule has 134 valence electrons. The van der Waals surface area contributed by atoms with Crippen molar-refractivity contribution in [2.45, 2.75) is 13.0 Å². The van der Waals surface area contributed by atoms with E-state index in [9.17, 15) is 4.79 Å². The van der Waals surface area contributed by atoms with Crippen molar-refractivity contribution in [3.8, 4) is 0 Å². The highest BCUT2D eigenvalue weighted by molar-refractivity contribution is 6.18. The van der Waals surface area contributed by atoms with Gasteiger partial charge < -0.3 is 0 Å². The summed E-state index contributed by atoms with van der Waals surface area (Å²) in [4.78, 5) is 18.1. The maximum absolute atomic E-state index is 13.2. The zero-order valence-corrected chi connectivity index (χ0v) is 15.3. The van der Waals surface area contributed by atoms with Crippen LogP contribution in [0.3, 0.4) is 0 Å². The van der Waals surface area contributed by atoms with E-state index in [1.165, 1.54) is 0 Å². The molecule has 1 unspecified atom stereocenters. The number of hydrogen-bond donors (Lipinski definition) is 0. The molecule has 2 heteroatoms. The number of aliphatic imine (C=N–C) groups is 1. The number of carbonyl (C=O) groups excluding carboxylic acids is 1. The third-order valence-electron chi connectivity index (χ3n) is 4.45. The van der Waals surface area contributed by atoms with Crippen LogP contribution in [0.15, 0.2) is 109 Å². The summed E-state index contributed by atoms with van der Waals surface area (Å²) in [7, 11) is 0. The number of benzene rings is 3. The Morgan fingerprint density at radius 1 is 0.815 bits per heavy atom. The fourth-order valence-electron chi connectivity index (χ4n) is 3.08. The SMILES string of the molecule is C=CCC(C(=O)c1ccccc1)C(=NCc1ccccc1)c1ccccc1. The minimum absolute atomic E-state index is 0.0752. The van der Waals surface area contributed by atoms with Crippen LogP contribution in [0.4, 0.5) is 0 Å². The number of rotatable bonds is 8. The summed E-state index contributed by atoms with van der Waals surface area (Å²) in [5.74, 6) is -0.276. The maximum Gasteiger partial charge on any atom is 0.172 e. The summed E-state index contributed by atoms with van der Waals surface area (Å²) >= 11 is 0. The first-order valence-electron chi connectivity index (χ1n) is 9.13. The topological polar surface area (TPSA) is 29.4 Å². The van der Waals surface area contributed by atoms with E-state index in [-0.39, 0.29) is 11.7 Å². The minimum atomic E-state index is -0.351. The van der Waals surface area contributed by atoms with Gasteiger partial charge in [-0.1, -0.05) is 97.1 Å². The maximum atomic E-state index is 13.2. The highest BCUT2D eigenvalue weighted by Gasteiger charge is 2.25. The Morgan fingerprint density at radius 2 is 1.33 bits per heavy atom. The molecule has 0 aliphatic carbocycles. The van der Waals surface area contributed by atoms with Crippen LogP contribution in [0, 0.1) is 5.92 Å². The third kappa shape index (κ3) is 4.89. The normalized spacial score (nSPS) is 12.4. The number of Topliss-reactive ketones (excluding diaryl/α,β-unsaturated/α-hetero) is 1. The number of nitrogens with zero attached hydrogens (tertiary/aromatic N) is 1. The van der Waals surface area contributed by atoms with Gasteiger partial charge in [0.1, 0.15) is 0 Å². The predicted molar refractivity (Wildman–Crippen MR) is 112 cm³/mol. The van der Waals surface area contributed by atoms with Crippen molar-refractivity contribution in [3.05, 3.63) is 120 Å². The van der Waals surface area contributed by atoms with Crippen LogP contribution in [-0.4, -0.2) is 11.5 Å². The molecule has 1 atom stereocenters. The average molecular weight is 353 g/mol. The highest BCUT2D eigenvalue weighted by Crippen LogP contribution is 2.21. The van der Waals surface area contributed by atoms with Crippen LogP contribution in [0.1, 0.15) is 27.9 Å². The van der Waals surface area contributed by atoms with Gasteiger partial charge in [0, 0.05) is 5.56 Å². The summed E-state index contributed by atoms with van der Waals surface area (Å²) in [6.07, 6.45) is 2.35. The molecule has 0 fully saturated rings. The van der Waals surface area contributed by atoms with Crippen molar-refractivity contribution >= 4 is 11.5 Å². The van der Waals surface area contributed by atoms with Crippen molar-refractivity contribution in [2.24, 2.45) is 10.9 Å². The molecule has 0 heterocycles. The smallest absolute Gasteiger partial charge is 0.172 e. The van der Waals surface area contributed by atoms with Crippen LogP contribution < -0.4 is 0 Å². The fourth-order valence-corrected chi connectivity index (χ4v) is 3.08. The molecule has 0 N–H and O–H groups in total. The summed E-state index contributed by atoms with van der Waals surface area (Å²) < 4.78 is 0. The molecule has 0 saturated heterocycles. The molecule has 0 spiro atoms. The lowest BCUT2D eigenvalue weighted by atomic mass is 9.86. The first kappa shape index (κ1) is 18.5. The van der Waals surface area contributed by atoms with Crippen molar-refractivity contribution in [3.63, 3.8) is 0 Å². The van der Waals surface area contributed by atoms with Gasteiger partial charge in [-0.05, 0) is 17.5 Å². The second kappa shape index (κ2) is 9.44. The lowest BCUT2D eigenvalue weighted by molar-refractivity contribution is 0.0955. The van der Waals surface area contributed by atoms with E-state index in [2.05, 4.69) is 6.58 Å². The third-order valence-corrected chi connectivity index (χ3v) is 4.45. The molecule has 3 aromatic carbocycles. The van der Waals surface area contributed by atoms with Gasteiger partial charge in [-0.15, -0.1) is 6.58 Å². The number of hydrogen-bond acceptors (Lipinski definition) is 2. The molecule has 0 aromatic heterocycles. The van der Waals surface area contributed by atoms with Gasteiger partial charge in [-0.3, -0.25) is 9.79 Å².